The van der Waals surface area contributed by atoms with E-state index in [2.05, 4.69) is 31.3 Å². The Bertz CT molecular complexity index is 487. The normalized spacial score (nSPS) is 12.4. The smallest absolute Gasteiger partial charge is 0.119 e. The van der Waals surface area contributed by atoms with Crippen molar-refractivity contribution in [1.82, 2.24) is 15.4 Å². The molecule has 5 nitrogen and oxygen atoms in total. The molecule has 0 fully saturated rings. The van der Waals surface area contributed by atoms with Crippen LogP contribution < -0.4 is 4.74 Å². The van der Waals surface area contributed by atoms with Crippen LogP contribution in [0.1, 0.15) is 17.4 Å². The number of nitrogens with zero attached hydrogens (tertiary/aromatic N) is 2. The van der Waals surface area contributed by atoms with Gasteiger partial charge in [-0.2, -0.15) is 15.4 Å². The maximum Gasteiger partial charge on any atom is 0.119 e. The summed E-state index contributed by atoms with van der Waals surface area (Å²) in [6, 6.07) is 5.63. The summed E-state index contributed by atoms with van der Waals surface area (Å²) in [6.07, 6.45) is 1.28. The fourth-order valence-corrected chi connectivity index (χ4v) is 1.93. The average molecular weight is 298 g/mol. The van der Waals surface area contributed by atoms with Gasteiger partial charge >= 0.3 is 0 Å². The molecule has 1 unspecified atom stereocenters. The molecule has 0 saturated heterocycles. The van der Waals surface area contributed by atoms with Crippen LogP contribution in [-0.2, 0) is 6.42 Å². The lowest BCUT2D eigenvalue weighted by molar-refractivity contribution is 0.173. The van der Waals surface area contributed by atoms with Crippen LogP contribution in [0.5, 0.6) is 5.75 Å². The Labute approximate surface area is 107 Å². The van der Waals surface area contributed by atoms with Crippen molar-refractivity contribution >= 4 is 15.9 Å². The number of methoxy groups -OCH3 is 1. The lowest BCUT2D eigenvalue weighted by atomic mass is 10.1. The average Bonchev–Trinajstić information content (AvgIpc) is 2.85. The number of aromatic amines is 1. The highest BCUT2D eigenvalue weighted by Gasteiger charge is 2.13. The van der Waals surface area contributed by atoms with Gasteiger partial charge in [0.1, 0.15) is 17.5 Å². The van der Waals surface area contributed by atoms with E-state index in [1.54, 1.807) is 7.11 Å². The topological polar surface area (TPSA) is 71.0 Å². The summed E-state index contributed by atoms with van der Waals surface area (Å²) in [5, 5.41) is 20.0. The maximum atomic E-state index is 9.97. The van der Waals surface area contributed by atoms with Crippen LogP contribution in [0, 0.1) is 0 Å². The molecule has 2 aromatic rings. The number of benzene rings is 1. The summed E-state index contributed by atoms with van der Waals surface area (Å²) < 4.78 is 6.08. The molecule has 0 radical (unpaired) electrons. The van der Waals surface area contributed by atoms with Gasteiger partial charge in [-0.05, 0) is 23.8 Å². The van der Waals surface area contributed by atoms with Crippen LogP contribution in [-0.4, -0.2) is 27.6 Å². The molecule has 0 saturated carbocycles. The van der Waals surface area contributed by atoms with Crippen LogP contribution in [0.15, 0.2) is 28.9 Å². The highest BCUT2D eigenvalue weighted by Crippen LogP contribution is 2.26. The summed E-state index contributed by atoms with van der Waals surface area (Å²) in [5.41, 5.74) is 1.49. The van der Waals surface area contributed by atoms with Gasteiger partial charge in [0.15, 0.2) is 0 Å². The van der Waals surface area contributed by atoms with Gasteiger partial charge in [-0.1, -0.05) is 15.9 Å². The molecule has 90 valence electrons. The molecule has 0 aliphatic carbocycles. The van der Waals surface area contributed by atoms with Crippen LogP contribution in [0.25, 0.3) is 0 Å². The van der Waals surface area contributed by atoms with Crippen molar-refractivity contribution in [3.8, 4) is 5.75 Å². The summed E-state index contributed by atoms with van der Waals surface area (Å²) in [5.74, 6) is 0.760. The van der Waals surface area contributed by atoms with E-state index in [0.717, 1.165) is 15.8 Å². The summed E-state index contributed by atoms with van der Waals surface area (Å²) in [6.45, 7) is 0. The Kier molecular flexibility index (Phi) is 3.75. The van der Waals surface area contributed by atoms with E-state index < -0.39 is 6.10 Å². The molecule has 0 aliphatic heterocycles. The van der Waals surface area contributed by atoms with E-state index in [-0.39, 0.29) is 0 Å². The van der Waals surface area contributed by atoms with Crippen LogP contribution in [0.3, 0.4) is 0 Å². The first-order valence-electron chi connectivity index (χ1n) is 5.07. The van der Waals surface area contributed by atoms with Crippen molar-refractivity contribution in [2.24, 2.45) is 0 Å². The third-order valence-corrected chi connectivity index (χ3v) is 3.21. The van der Waals surface area contributed by atoms with E-state index in [1.807, 2.05) is 18.2 Å². The number of aromatic nitrogens is 3. The number of hydrogen-bond donors (Lipinski definition) is 2. The molecule has 0 spiro atoms. The molecular weight excluding hydrogens is 286 g/mol. The van der Waals surface area contributed by atoms with Crippen molar-refractivity contribution in [1.29, 1.82) is 0 Å². The molecule has 6 heteroatoms. The second-order valence-electron chi connectivity index (χ2n) is 3.57. The first-order valence-corrected chi connectivity index (χ1v) is 5.86. The highest BCUT2D eigenvalue weighted by atomic mass is 79.9. The third-order valence-electron chi connectivity index (χ3n) is 2.44. The molecule has 1 atom stereocenters. The Morgan fingerprint density at radius 3 is 3.00 bits per heavy atom. The van der Waals surface area contributed by atoms with E-state index in [4.69, 9.17) is 4.74 Å². The first-order chi connectivity index (χ1) is 8.20. The number of aliphatic hydroxyl groups excluding tert-OH is 1. The molecule has 2 N–H and O–H groups in total. The highest BCUT2D eigenvalue weighted by molar-refractivity contribution is 9.10. The minimum absolute atomic E-state index is 0.449. The molecule has 1 aromatic heterocycles. The van der Waals surface area contributed by atoms with Gasteiger partial charge in [-0.15, -0.1) is 0 Å². The van der Waals surface area contributed by atoms with Crippen LogP contribution in [0.2, 0.25) is 0 Å². The molecule has 2 rings (SSSR count). The van der Waals surface area contributed by atoms with Crippen molar-refractivity contribution in [2.45, 2.75) is 12.5 Å². The van der Waals surface area contributed by atoms with Gasteiger partial charge in [-0.25, -0.2) is 0 Å². The monoisotopic (exact) mass is 297 g/mol. The minimum Gasteiger partial charge on any atom is -0.497 e. The standard InChI is InChI=1S/C11H12BrN3O2/c1-17-8-2-3-9(12)7(4-8)5-11(16)10-6-13-15-14-10/h2-4,6,11,16H,5H2,1H3,(H,13,14,15). The first kappa shape index (κ1) is 12.1. The minimum atomic E-state index is -0.683. The van der Waals surface area contributed by atoms with E-state index in [0.29, 0.717) is 12.1 Å². The van der Waals surface area contributed by atoms with Crippen molar-refractivity contribution < 1.29 is 9.84 Å². The second-order valence-corrected chi connectivity index (χ2v) is 4.43. The quantitative estimate of drug-likeness (QED) is 0.903. The Morgan fingerprint density at radius 2 is 2.35 bits per heavy atom. The number of ether oxygens (including phenoxy) is 1. The second kappa shape index (κ2) is 5.29. The number of aliphatic hydroxyl groups is 1. The van der Waals surface area contributed by atoms with Gasteiger partial charge in [0.25, 0.3) is 0 Å². The number of hydrogen-bond acceptors (Lipinski definition) is 4. The zero-order chi connectivity index (χ0) is 12.3. The fraction of sp³-hybridized carbons (Fsp3) is 0.273. The molecule has 0 aliphatic rings. The van der Waals surface area contributed by atoms with Crippen molar-refractivity contribution in [2.75, 3.05) is 7.11 Å². The van der Waals surface area contributed by atoms with E-state index in [1.165, 1.54) is 6.20 Å². The number of nitrogens with one attached hydrogen (secondary N) is 1. The van der Waals surface area contributed by atoms with E-state index in [9.17, 15) is 5.11 Å². The van der Waals surface area contributed by atoms with Gasteiger partial charge in [0.2, 0.25) is 0 Å². The number of halogens is 1. The molecular formula is C11H12BrN3O2. The number of H-pyrrole nitrogens is 1. The van der Waals surface area contributed by atoms with Crippen LogP contribution >= 0.6 is 15.9 Å². The lowest BCUT2D eigenvalue weighted by Gasteiger charge is -2.10. The SMILES string of the molecule is COc1ccc(Br)c(CC(O)c2cn[nH]n2)c1. The lowest BCUT2D eigenvalue weighted by Crippen LogP contribution is -2.03. The Morgan fingerprint density at radius 1 is 1.53 bits per heavy atom. The predicted molar refractivity (Wildman–Crippen MR) is 65.7 cm³/mol. The van der Waals surface area contributed by atoms with Gasteiger partial charge in [-0.3, -0.25) is 0 Å². The third kappa shape index (κ3) is 2.83. The number of rotatable bonds is 4. The Hall–Kier alpha value is -1.40. The zero-order valence-corrected chi connectivity index (χ0v) is 10.8. The fourth-order valence-electron chi connectivity index (χ4n) is 1.52. The van der Waals surface area contributed by atoms with Crippen molar-refractivity contribution in [3.05, 3.63) is 40.1 Å². The van der Waals surface area contributed by atoms with Crippen molar-refractivity contribution in [3.63, 3.8) is 0 Å². The summed E-state index contributed by atoms with van der Waals surface area (Å²) in [4.78, 5) is 0. The molecule has 0 bridgehead atoms. The molecule has 1 aromatic carbocycles. The summed E-state index contributed by atoms with van der Waals surface area (Å²) in [7, 11) is 1.61. The largest absolute Gasteiger partial charge is 0.497 e. The summed E-state index contributed by atoms with van der Waals surface area (Å²) >= 11 is 3.44. The zero-order valence-electron chi connectivity index (χ0n) is 9.22. The Balaban J connectivity index is 2.18. The van der Waals surface area contributed by atoms with Gasteiger partial charge < -0.3 is 9.84 Å². The molecule has 1 heterocycles. The molecule has 0 amide bonds. The maximum absolute atomic E-state index is 9.97. The molecule has 17 heavy (non-hydrogen) atoms. The van der Waals surface area contributed by atoms with Crippen LogP contribution in [0.4, 0.5) is 0 Å². The van der Waals surface area contributed by atoms with E-state index >= 15 is 0 Å². The van der Waals surface area contributed by atoms with Gasteiger partial charge in [0, 0.05) is 10.9 Å². The predicted octanol–water partition coefficient (Wildman–Crippen LogP) is 1.85. The van der Waals surface area contributed by atoms with Gasteiger partial charge in [0.05, 0.1) is 13.3 Å².